The lowest BCUT2D eigenvalue weighted by Crippen LogP contribution is -2.46. The quantitative estimate of drug-likeness (QED) is 0.0310. The van der Waals surface area contributed by atoms with Gasteiger partial charge in [0.25, 0.3) is 0 Å². The molecule has 356 valence electrons. The minimum absolute atomic E-state index is 0.0292. The summed E-state index contributed by atoms with van der Waals surface area (Å²) in [5.41, 5.74) is 4.77. The second kappa shape index (κ2) is 22.0. The second-order valence-electron chi connectivity index (χ2n) is 15.5. The molecule has 2 amide bonds. The number of ether oxygens (including phenoxy) is 2. The van der Waals surface area contributed by atoms with Gasteiger partial charge in [0, 0.05) is 30.7 Å². The van der Waals surface area contributed by atoms with Crippen LogP contribution < -0.4 is 16.4 Å². The lowest BCUT2D eigenvalue weighted by molar-refractivity contribution is -0.137. The Bertz CT molecular complexity index is 2230. The van der Waals surface area contributed by atoms with Crippen LogP contribution in [0, 0.1) is 5.41 Å². The minimum Gasteiger partial charge on any atom is -0.386 e. The molecular formula is C35H52N7O18P3S. The predicted molar refractivity (Wildman–Crippen MR) is 224 cm³/mol. The Kier molecular flexibility index (Phi) is 17.8. The molecule has 2 aliphatic rings. The number of hydrogen-bond acceptors (Lipinski definition) is 19. The fourth-order valence-corrected chi connectivity index (χ4v) is 10.1. The first-order valence-electron chi connectivity index (χ1n) is 19.8. The number of fused-ring (bicyclic) bond motifs is 1. The average Bonchev–Trinajstić information content (AvgIpc) is 3.80. The van der Waals surface area contributed by atoms with Crippen LogP contribution in [0.25, 0.3) is 11.2 Å². The molecule has 4 heterocycles. The maximum absolute atomic E-state index is 12.7. The molecule has 0 bridgehead atoms. The number of aliphatic hydroxyl groups excluding tert-OH is 2. The van der Waals surface area contributed by atoms with Gasteiger partial charge in [-0.05, 0) is 31.2 Å². The van der Waals surface area contributed by atoms with Crippen LogP contribution >= 0.6 is 35.2 Å². The molecule has 0 radical (unpaired) electrons. The molecule has 0 aliphatic carbocycles. The van der Waals surface area contributed by atoms with Gasteiger partial charge in [-0.15, -0.1) is 0 Å². The first-order valence-corrected chi connectivity index (χ1v) is 25.3. The third kappa shape index (κ3) is 14.9. The number of nitrogen functional groups attached to an aromatic ring is 1. The van der Waals surface area contributed by atoms with Crippen molar-refractivity contribution in [3.63, 3.8) is 0 Å². The van der Waals surface area contributed by atoms with E-state index in [2.05, 4.69) is 46.6 Å². The number of anilines is 1. The molecule has 8 atom stereocenters. The Morgan fingerprint density at radius 1 is 1.02 bits per heavy atom. The molecule has 10 N–H and O–H groups in total. The Balaban J connectivity index is 0.991. The largest absolute Gasteiger partial charge is 0.481 e. The van der Waals surface area contributed by atoms with Crippen LogP contribution in [-0.2, 0) is 61.9 Å². The molecule has 2 saturated heterocycles. The van der Waals surface area contributed by atoms with Crippen molar-refractivity contribution in [2.45, 2.75) is 88.6 Å². The van der Waals surface area contributed by atoms with Crippen molar-refractivity contribution in [3.05, 3.63) is 48.5 Å². The second-order valence-corrected chi connectivity index (χ2v) is 20.8. The first-order chi connectivity index (χ1) is 30.0. The van der Waals surface area contributed by atoms with Crippen molar-refractivity contribution in [2.75, 3.05) is 44.4 Å². The molecule has 3 aromatic rings. The van der Waals surface area contributed by atoms with Gasteiger partial charge in [-0.2, -0.15) is 4.31 Å². The molecule has 29 heteroatoms. The van der Waals surface area contributed by atoms with Crippen LogP contribution in [0.2, 0.25) is 0 Å². The molecule has 2 aromatic heterocycles. The van der Waals surface area contributed by atoms with E-state index in [1.54, 1.807) is 0 Å². The summed E-state index contributed by atoms with van der Waals surface area (Å²) < 4.78 is 67.9. The van der Waals surface area contributed by atoms with Crippen LogP contribution in [0.5, 0.6) is 0 Å². The summed E-state index contributed by atoms with van der Waals surface area (Å²) in [5.74, 6) is -1.15. The number of phosphoric acid groups is 3. The number of nitrogens with one attached hydrogen (secondary N) is 2. The number of unbranched alkanes of at least 4 members (excludes halogenated alkanes) is 2. The molecule has 2 aliphatic heterocycles. The van der Waals surface area contributed by atoms with Gasteiger partial charge in [-0.25, -0.2) is 28.6 Å². The molecule has 1 aromatic carbocycles. The summed E-state index contributed by atoms with van der Waals surface area (Å²) >= 11 is 1.08. The van der Waals surface area contributed by atoms with Crippen molar-refractivity contribution >= 4 is 69.1 Å². The highest BCUT2D eigenvalue weighted by Gasteiger charge is 2.52. The molecule has 3 unspecified atom stereocenters. The van der Waals surface area contributed by atoms with Crippen LogP contribution in [0.4, 0.5) is 5.82 Å². The zero-order valence-electron chi connectivity index (χ0n) is 34.6. The van der Waals surface area contributed by atoms with Crippen molar-refractivity contribution in [1.82, 2.24) is 30.2 Å². The third-order valence-corrected chi connectivity index (χ3v) is 14.1. The number of aliphatic hydroxyl groups is 2. The third-order valence-electron chi connectivity index (χ3n) is 9.99. The van der Waals surface area contributed by atoms with Crippen molar-refractivity contribution < 1.29 is 85.2 Å². The topological polar surface area (TPSA) is 376 Å². The van der Waals surface area contributed by atoms with Crippen LogP contribution in [0.15, 0.2) is 43.0 Å². The fraction of sp³-hybridized carbons (Fsp3) is 0.600. The number of hydrogen-bond donors (Lipinski definition) is 9. The van der Waals surface area contributed by atoms with Gasteiger partial charge in [0.15, 0.2) is 23.3 Å². The molecule has 5 rings (SSSR count). The van der Waals surface area contributed by atoms with Gasteiger partial charge in [-0.3, -0.25) is 32.5 Å². The number of epoxide rings is 1. The van der Waals surface area contributed by atoms with E-state index in [1.165, 1.54) is 19.4 Å². The zero-order valence-corrected chi connectivity index (χ0v) is 38.1. The van der Waals surface area contributed by atoms with Gasteiger partial charge >= 0.3 is 23.5 Å². The van der Waals surface area contributed by atoms with Crippen LogP contribution in [0.1, 0.15) is 57.7 Å². The number of carbonyl (C=O) groups excluding carboxylic acids is 3. The SMILES string of the molecule is CC(C)(COP(=O)(O)OP(=O)(O)OC[C@H]1O[C@@H](n2cnc3c(N)ncnc32)[C@H](O)[C@@H]1OP(=O)(O)O)[C@@H](O)C(=O)NCCC(=O)NCCSC(=O)C1(CCCCCc2ccccc2)CO1. The molecule has 0 spiro atoms. The summed E-state index contributed by atoms with van der Waals surface area (Å²) in [6.07, 6.45) is -2.50. The van der Waals surface area contributed by atoms with E-state index >= 15 is 0 Å². The molecule has 2 fully saturated rings. The number of nitrogens with two attached hydrogens (primary N) is 1. The zero-order chi connectivity index (χ0) is 46.9. The first kappa shape index (κ1) is 51.7. The summed E-state index contributed by atoms with van der Waals surface area (Å²) in [7, 11) is -16.4. The van der Waals surface area contributed by atoms with E-state index in [1.807, 2.05) is 18.2 Å². The Morgan fingerprint density at radius 2 is 1.72 bits per heavy atom. The number of carbonyl (C=O) groups is 3. The summed E-state index contributed by atoms with van der Waals surface area (Å²) in [6.45, 7) is 0.833. The van der Waals surface area contributed by atoms with E-state index in [0.29, 0.717) is 18.8 Å². The van der Waals surface area contributed by atoms with Crippen LogP contribution in [0.3, 0.4) is 0 Å². The maximum Gasteiger partial charge on any atom is 0.481 e. The average molecular weight is 984 g/mol. The number of aromatic nitrogens is 4. The highest BCUT2D eigenvalue weighted by molar-refractivity contribution is 8.13. The number of amides is 2. The Morgan fingerprint density at radius 3 is 2.41 bits per heavy atom. The fourth-order valence-electron chi connectivity index (χ4n) is 6.42. The Labute approximate surface area is 370 Å². The van der Waals surface area contributed by atoms with Gasteiger partial charge in [0.1, 0.15) is 36.3 Å². The highest BCUT2D eigenvalue weighted by Crippen LogP contribution is 2.61. The number of benzene rings is 1. The van der Waals surface area contributed by atoms with E-state index < -0.39 is 90.2 Å². The maximum atomic E-state index is 12.7. The van der Waals surface area contributed by atoms with E-state index in [9.17, 15) is 57.9 Å². The molecule has 64 heavy (non-hydrogen) atoms. The van der Waals surface area contributed by atoms with Crippen LogP contribution in [-0.4, -0.2) is 135 Å². The van der Waals surface area contributed by atoms with E-state index in [4.69, 9.17) is 24.3 Å². The summed E-state index contributed by atoms with van der Waals surface area (Å²) in [6, 6.07) is 10.2. The van der Waals surface area contributed by atoms with Gasteiger partial charge in [0.2, 0.25) is 16.9 Å². The monoisotopic (exact) mass is 983 g/mol. The lowest BCUT2D eigenvalue weighted by atomic mass is 9.87. The highest BCUT2D eigenvalue weighted by atomic mass is 32.2. The number of aryl methyl sites for hydroxylation is 1. The van der Waals surface area contributed by atoms with Crippen molar-refractivity contribution in [1.29, 1.82) is 0 Å². The van der Waals surface area contributed by atoms with E-state index in [0.717, 1.165) is 54.7 Å². The summed E-state index contributed by atoms with van der Waals surface area (Å²) in [4.78, 5) is 88.9. The minimum atomic E-state index is -5.58. The number of imidazole rings is 1. The van der Waals surface area contributed by atoms with E-state index in [-0.39, 0.29) is 41.6 Å². The normalized spacial score (nSPS) is 23.6. The number of rotatable bonds is 26. The number of phosphoric ester groups is 3. The summed E-state index contributed by atoms with van der Waals surface area (Å²) in [5, 5.41) is 26.5. The smallest absolute Gasteiger partial charge is 0.386 e. The molecule has 0 saturated carbocycles. The number of nitrogens with zero attached hydrogens (tertiary/aromatic N) is 4. The number of thioether (sulfide) groups is 1. The lowest BCUT2D eigenvalue weighted by Gasteiger charge is -2.30. The van der Waals surface area contributed by atoms with Crippen molar-refractivity contribution in [3.8, 4) is 0 Å². The van der Waals surface area contributed by atoms with Gasteiger partial charge in [0.05, 0.1) is 26.1 Å². The van der Waals surface area contributed by atoms with Crippen molar-refractivity contribution in [2.24, 2.45) is 5.41 Å². The Hall–Kier alpha value is -3.26. The van der Waals surface area contributed by atoms with Gasteiger partial charge in [-0.1, -0.05) is 62.4 Å². The molecular weight excluding hydrogens is 931 g/mol. The predicted octanol–water partition coefficient (Wildman–Crippen LogP) is 1.24. The standard InChI is InChI=1S/C35H52N7O18P3S/c1-34(2,28(45)31(46)38-14-12-24(43)37-15-16-64-33(47)35(19-55-35)13-8-4-7-11-22-9-5-3-6-10-22)18-57-63(53,54)60-62(51,52)56-17-23-27(59-61(48,49)50)26(44)32(58-23)42-21-41-25-29(36)39-20-40-30(25)42/h3,5-6,9-10,20-21,23,26-28,32,44-45H,4,7-8,11-19H2,1-2H3,(H,37,43)(H,38,46)(H,51,52)(H,53,54)(H2,36,39,40)(H2,48,49,50)/t23-,26-,27-,28+,32-,35?/m1/s1. The van der Waals surface area contributed by atoms with Gasteiger partial charge < -0.3 is 55.6 Å². The molecule has 25 nitrogen and oxygen atoms in total.